The van der Waals surface area contributed by atoms with Crippen LogP contribution in [0.15, 0.2) is 17.8 Å². The average Bonchev–Trinajstić information content (AvgIpc) is 3.09. The fourth-order valence-corrected chi connectivity index (χ4v) is 3.11. The molecule has 138 valence electrons. The fraction of sp³-hybridized carbons (Fsp3) is 0.438. The summed E-state index contributed by atoms with van der Waals surface area (Å²) in [6, 6.07) is 1.65. The van der Waals surface area contributed by atoms with Gasteiger partial charge in [0.15, 0.2) is 5.13 Å². The van der Waals surface area contributed by atoms with Gasteiger partial charge < -0.3 is 14.4 Å². The number of hydrogen-bond donors (Lipinski definition) is 1. The highest BCUT2D eigenvalue weighted by molar-refractivity contribution is 7.14. The molecule has 1 saturated heterocycles. The van der Waals surface area contributed by atoms with Gasteiger partial charge in [0.05, 0.1) is 31.9 Å². The first-order valence-corrected chi connectivity index (χ1v) is 9.10. The van der Waals surface area contributed by atoms with Gasteiger partial charge in [-0.25, -0.2) is 15.0 Å². The number of morpholine rings is 1. The van der Waals surface area contributed by atoms with Gasteiger partial charge in [-0.15, -0.1) is 11.3 Å². The van der Waals surface area contributed by atoms with Crippen molar-refractivity contribution in [2.24, 2.45) is 0 Å². The molecule has 0 aliphatic carbocycles. The standard InChI is InChI=1S/C16H19N5O4S/c1-2-25-14(22)7-11-9-26-16(19-11)20-15(23)12-8-13(18-10-17-12)21-3-5-24-6-4-21/h8-10H,2-7H2,1H3,(H,19,20,23). The second kappa shape index (κ2) is 8.68. The van der Waals surface area contributed by atoms with Gasteiger partial charge in [0.1, 0.15) is 17.8 Å². The van der Waals surface area contributed by atoms with Crippen LogP contribution in [0.4, 0.5) is 10.9 Å². The Morgan fingerprint density at radius 1 is 1.35 bits per heavy atom. The fourth-order valence-electron chi connectivity index (χ4n) is 2.40. The van der Waals surface area contributed by atoms with E-state index < -0.39 is 0 Å². The summed E-state index contributed by atoms with van der Waals surface area (Å²) in [5, 5.41) is 4.81. The Hall–Kier alpha value is -2.59. The lowest BCUT2D eigenvalue weighted by Gasteiger charge is -2.27. The summed E-state index contributed by atoms with van der Waals surface area (Å²) in [6.45, 7) is 4.79. The van der Waals surface area contributed by atoms with E-state index in [1.54, 1.807) is 18.4 Å². The molecule has 0 radical (unpaired) electrons. The van der Waals surface area contributed by atoms with E-state index in [4.69, 9.17) is 9.47 Å². The van der Waals surface area contributed by atoms with E-state index in [1.807, 2.05) is 4.90 Å². The Labute approximate surface area is 154 Å². The van der Waals surface area contributed by atoms with Gasteiger partial charge in [-0.3, -0.25) is 14.9 Å². The van der Waals surface area contributed by atoms with E-state index in [-0.39, 0.29) is 24.0 Å². The summed E-state index contributed by atoms with van der Waals surface area (Å²) in [5.74, 6) is -0.0313. The van der Waals surface area contributed by atoms with Crippen LogP contribution in [0, 0.1) is 0 Å². The highest BCUT2D eigenvalue weighted by Gasteiger charge is 2.17. The summed E-state index contributed by atoms with van der Waals surface area (Å²) in [5.41, 5.74) is 0.809. The van der Waals surface area contributed by atoms with E-state index >= 15 is 0 Å². The molecular formula is C16H19N5O4S. The Morgan fingerprint density at radius 3 is 2.92 bits per heavy atom. The Balaban J connectivity index is 1.63. The van der Waals surface area contributed by atoms with Crippen molar-refractivity contribution in [3.63, 3.8) is 0 Å². The maximum Gasteiger partial charge on any atom is 0.311 e. The Kier molecular flexibility index (Phi) is 6.08. The van der Waals surface area contributed by atoms with Crippen molar-refractivity contribution in [3.8, 4) is 0 Å². The second-order valence-corrected chi connectivity index (χ2v) is 6.30. The zero-order chi connectivity index (χ0) is 18.4. The number of esters is 1. The van der Waals surface area contributed by atoms with Crippen LogP contribution in [-0.2, 0) is 20.7 Å². The van der Waals surface area contributed by atoms with Crippen molar-refractivity contribution in [1.29, 1.82) is 0 Å². The Morgan fingerprint density at radius 2 is 2.15 bits per heavy atom. The molecule has 10 heteroatoms. The maximum absolute atomic E-state index is 12.4. The number of aromatic nitrogens is 3. The summed E-state index contributed by atoms with van der Waals surface area (Å²) in [7, 11) is 0. The molecule has 9 nitrogen and oxygen atoms in total. The van der Waals surface area contributed by atoms with Crippen molar-refractivity contribution in [1.82, 2.24) is 15.0 Å². The average molecular weight is 377 g/mol. The second-order valence-electron chi connectivity index (χ2n) is 5.44. The number of rotatable bonds is 6. The molecule has 2 aromatic heterocycles. The minimum absolute atomic E-state index is 0.0783. The minimum atomic E-state index is -0.376. The molecule has 1 amide bonds. The van der Waals surface area contributed by atoms with Crippen LogP contribution in [0.5, 0.6) is 0 Å². The number of amides is 1. The smallest absolute Gasteiger partial charge is 0.311 e. The monoisotopic (exact) mass is 377 g/mol. The SMILES string of the molecule is CCOC(=O)Cc1csc(NC(=O)c2cc(N3CCOCC3)ncn2)n1. The first kappa shape index (κ1) is 18.2. The molecule has 3 rings (SSSR count). The van der Waals surface area contributed by atoms with E-state index in [0.717, 1.165) is 13.1 Å². The zero-order valence-electron chi connectivity index (χ0n) is 14.3. The van der Waals surface area contributed by atoms with E-state index in [0.29, 0.717) is 36.5 Å². The summed E-state index contributed by atoms with van der Waals surface area (Å²) < 4.78 is 10.2. The molecule has 3 heterocycles. The number of thiazole rings is 1. The van der Waals surface area contributed by atoms with Gasteiger partial charge in [-0.2, -0.15) is 0 Å². The van der Waals surface area contributed by atoms with Crippen molar-refractivity contribution >= 4 is 34.2 Å². The van der Waals surface area contributed by atoms with Crippen LogP contribution < -0.4 is 10.2 Å². The largest absolute Gasteiger partial charge is 0.466 e. The first-order valence-electron chi connectivity index (χ1n) is 8.22. The molecule has 0 saturated carbocycles. The maximum atomic E-state index is 12.4. The van der Waals surface area contributed by atoms with Crippen LogP contribution in [0.2, 0.25) is 0 Å². The quantitative estimate of drug-likeness (QED) is 0.747. The number of ether oxygens (including phenoxy) is 2. The highest BCUT2D eigenvalue weighted by Crippen LogP contribution is 2.18. The van der Waals surface area contributed by atoms with Crippen LogP contribution in [0.25, 0.3) is 0 Å². The zero-order valence-corrected chi connectivity index (χ0v) is 15.1. The van der Waals surface area contributed by atoms with Gasteiger partial charge in [0.25, 0.3) is 5.91 Å². The van der Waals surface area contributed by atoms with Crippen molar-refractivity contribution in [2.75, 3.05) is 43.1 Å². The summed E-state index contributed by atoms with van der Waals surface area (Å²) in [6.07, 6.45) is 1.45. The molecule has 1 aliphatic rings. The van der Waals surface area contributed by atoms with Gasteiger partial charge in [0, 0.05) is 24.5 Å². The number of nitrogens with one attached hydrogen (secondary N) is 1. The normalized spacial score (nSPS) is 14.1. The third-order valence-electron chi connectivity index (χ3n) is 3.62. The van der Waals surface area contributed by atoms with Crippen LogP contribution >= 0.6 is 11.3 Å². The molecule has 0 aromatic carbocycles. The molecule has 0 unspecified atom stereocenters. The molecule has 0 bridgehead atoms. The number of hydrogen-bond acceptors (Lipinski definition) is 9. The van der Waals surface area contributed by atoms with Gasteiger partial charge in [-0.05, 0) is 6.92 Å². The van der Waals surface area contributed by atoms with Crippen LogP contribution in [0.3, 0.4) is 0 Å². The molecule has 1 fully saturated rings. The van der Waals surface area contributed by atoms with E-state index in [1.165, 1.54) is 17.7 Å². The van der Waals surface area contributed by atoms with E-state index in [9.17, 15) is 9.59 Å². The molecule has 1 N–H and O–H groups in total. The molecule has 0 spiro atoms. The first-order chi connectivity index (χ1) is 12.7. The van der Waals surface area contributed by atoms with Gasteiger partial charge in [0.2, 0.25) is 0 Å². The van der Waals surface area contributed by atoms with Crippen molar-refractivity contribution in [2.45, 2.75) is 13.3 Å². The predicted molar refractivity (Wildman–Crippen MR) is 95.5 cm³/mol. The lowest BCUT2D eigenvalue weighted by Crippen LogP contribution is -2.37. The Bertz CT molecular complexity index is 776. The summed E-state index contributed by atoms with van der Waals surface area (Å²) >= 11 is 1.24. The number of carbonyl (C=O) groups excluding carboxylic acids is 2. The van der Waals surface area contributed by atoms with Gasteiger partial charge in [-0.1, -0.05) is 0 Å². The molecule has 26 heavy (non-hydrogen) atoms. The highest BCUT2D eigenvalue weighted by atomic mass is 32.1. The lowest BCUT2D eigenvalue weighted by molar-refractivity contribution is -0.142. The molecular weight excluding hydrogens is 358 g/mol. The predicted octanol–water partition coefficient (Wildman–Crippen LogP) is 1.13. The number of nitrogens with zero attached hydrogens (tertiary/aromatic N) is 4. The topological polar surface area (TPSA) is 107 Å². The molecule has 2 aromatic rings. The van der Waals surface area contributed by atoms with Crippen molar-refractivity contribution in [3.05, 3.63) is 29.2 Å². The number of anilines is 2. The lowest BCUT2D eigenvalue weighted by atomic mass is 10.3. The molecule has 0 atom stereocenters. The minimum Gasteiger partial charge on any atom is -0.466 e. The summed E-state index contributed by atoms with van der Waals surface area (Å²) in [4.78, 5) is 38.4. The van der Waals surface area contributed by atoms with Crippen LogP contribution in [0.1, 0.15) is 23.1 Å². The number of carbonyl (C=O) groups is 2. The van der Waals surface area contributed by atoms with Crippen LogP contribution in [-0.4, -0.2) is 59.7 Å². The van der Waals surface area contributed by atoms with Gasteiger partial charge >= 0.3 is 5.97 Å². The third kappa shape index (κ3) is 4.73. The third-order valence-corrected chi connectivity index (χ3v) is 4.43. The van der Waals surface area contributed by atoms with Crippen molar-refractivity contribution < 1.29 is 19.1 Å². The van der Waals surface area contributed by atoms with E-state index in [2.05, 4.69) is 20.3 Å². The molecule has 1 aliphatic heterocycles.